The molecule has 3 aliphatic heterocycles. The number of anilines is 2. The van der Waals surface area contributed by atoms with Gasteiger partial charge >= 0.3 is 6.18 Å². The maximum Gasteiger partial charge on any atom is 0.409 e. The third-order valence-corrected chi connectivity index (χ3v) is 8.82. The van der Waals surface area contributed by atoms with Crippen molar-refractivity contribution in [3.63, 3.8) is 0 Å². The minimum atomic E-state index is -4.32. The first kappa shape index (κ1) is 23.2. The van der Waals surface area contributed by atoms with Crippen LogP contribution in [0.5, 0.6) is 0 Å². The van der Waals surface area contributed by atoms with Crippen molar-refractivity contribution in [1.29, 1.82) is 0 Å². The van der Waals surface area contributed by atoms with Gasteiger partial charge in [-0.1, -0.05) is 60.5 Å². The summed E-state index contributed by atoms with van der Waals surface area (Å²) in [5, 5.41) is 1.33. The summed E-state index contributed by atoms with van der Waals surface area (Å²) in [6, 6.07) is 12.1. The zero-order valence-corrected chi connectivity index (χ0v) is 20.4. The first-order valence-corrected chi connectivity index (χ1v) is 13.0. The predicted molar refractivity (Wildman–Crippen MR) is 139 cm³/mol. The molecule has 3 aliphatic rings. The Morgan fingerprint density at radius 1 is 1.15 bits per heavy atom. The van der Waals surface area contributed by atoms with Crippen molar-refractivity contribution in [3.05, 3.63) is 82.9 Å². The molecule has 3 heterocycles. The second-order valence-electron chi connectivity index (χ2n) is 8.36. The molecule has 2 aromatic carbocycles. The van der Waals surface area contributed by atoms with E-state index in [-0.39, 0.29) is 5.37 Å². The third kappa shape index (κ3) is 4.43. The van der Waals surface area contributed by atoms with E-state index in [0.29, 0.717) is 11.6 Å². The topological polar surface area (TPSA) is 6.48 Å². The Labute approximate surface area is 206 Å². The number of allylic oxidation sites excluding steroid dienone is 3. The standard InChI is InChI=1S/C27H25F3N2S2/c1-3-18-10-12-23-22(17-18)32-16-6-8-20(26(32)33-23)11-13-24-31(4-2)21-9-5-7-19(25(21)34-24)14-15-27(28,29)30/h3,5,7,9-15,17,26H,1,4,6,8,16H2,2H3/b15-14+,20-11-,24-13+. The molecule has 0 bridgehead atoms. The van der Waals surface area contributed by atoms with Crippen molar-refractivity contribution in [2.45, 2.75) is 41.1 Å². The van der Waals surface area contributed by atoms with Crippen molar-refractivity contribution < 1.29 is 13.2 Å². The van der Waals surface area contributed by atoms with E-state index in [9.17, 15) is 13.2 Å². The average Bonchev–Trinajstić information content (AvgIpc) is 3.38. The highest BCUT2D eigenvalue weighted by Crippen LogP contribution is 2.50. The molecule has 0 saturated carbocycles. The van der Waals surface area contributed by atoms with E-state index in [1.165, 1.54) is 22.2 Å². The van der Waals surface area contributed by atoms with Crippen molar-refractivity contribution in [2.24, 2.45) is 0 Å². The molecule has 34 heavy (non-hydrogen) atoms. The van der Waals surface area contributed by atoms with Crippen LogP contribution >= 0.6 is 23.5 Å². The Balaban J connectivity index is 1.43. The second kappa shape index (κ2) is 9.27. The molecule has 5 rings (SSSR count). The minimum Gasteiger partial charge on any atom is -0.354 e. The molecule has 0 aromatic heterocycles. The van der Waals surface area contributed by atoms with E-state index in [1.54, 1.807) is 17.8 Å². The molecule has 1 unspecified atom stereocenters. The lowest BCUT2D eigenvalue weighted by Crippen LogP contribution is -2.35. The number of alkyl halides is 3. The number of benzene rings is 2. The maximum absolute atomic E-state index is 12.8. The number of thioether (sulfide) groups is 2. The van der Waals surface area contributed by atoms with Crippen LogP contribution in [0.3, 0.4) is 0 Å². The quantitative estimate of drug-likeness (QED) is 0.418. The number of hydrogen-bond acceptors (Lipinski definition) is 4. The zero-order chi connectivity index (χ0) is 23.9. The van der Waals surface area contributed by atoms with Crippen LogP contribution in [0.2, 0.25) is 0 Å². The molecule has 2 aromatic rings. The van der Waals surface area contributed by atoms with Gasteiger partial charge in [-0.3, -0.25) is 0 Å². The number of piperidine rings is 1. The second-order valence-corrected chi connectivity index (χ2v) is 10.5. The van der Waals surface area contributed by atoms with Crippen LogP contribution in [0.15, 0.2) is 81.6 Å². The summed E-state index contributed by atoms with van der Waals surface area (Å²) in [6.07, 6.45) is 5.56. The van der Waals surface area contributed by atoms with Crippen molar-refractivity contribution in [2.75, 3.05) is 22.9 Å². The van der Waals surface area contributed by atoms with Crippen molar-refractivity contribution in [3.8, 4) is 0 Å². The Morgan fingerprint density at radius 2 is 2.00 bits per heavy atom. The molecule has 1 saturated heterocycles. The van der Waals surface area contributed by atoms with Gasteiger partial charge in [-0.25, -0.2) is 0 Å². The van der Waals surface area contributed by atoms with E-state index in [2.05, 4.69) is 53.7 Å². The molecule has 0 radical (unpaired) electrons. The molecule has 7 heteroatoms. The van der Waals surface area contributed by atoms with Gasteiger partial charge in [0.2, 0.25) is 0 Å². The number of fused-ring (bicyclic) bond motifs is 4. The molecule has 0 spiro atoms. The summed E-state index contributed by atoms with van der Waals surface area (Å²) in [7, 11) is 0. The van der Waals surface area contributed by atoms with E-state index in [4.69, 9.17) is 0 Å². The summed E-state index contributed by atoms with van der Waals surface area (Å²) in [6.45, 7) is 7.76. The van der Waals surface area contributed by atoms with Gasteiger partial charge in [0.1, 0.15) is 5.37 Å². The Bertz CT molecular complexity index is 1210. The van der Waals surface area contributed by atoms with Gasteiger partial charge in [0.25, 0.3) is 0 Å². The number of hydrogen-bond donors (Lipinski definition) is 0. The van der Waals surface area contributed by atoms with Gasteiger partial charge in [0, 0.05) is 29.0 Å². The Morgan fingerprint density at radius 3 is 2.76 bits per heavy atom. The lowest BCUT2D eigenvalue weighted by molar-refractivity contribution is -0.0790. The molecule has 0 amide bonds. The average molecular weight is 499 g/mol. The summed E-state index contributed by atoms with van der Waals surface area (Å²) < 4.78 is 38.3. The molecular weight excluding hydrogens is 473 g/mol. The minimum absolute atomic E-state index is 0.287. The van der Waals surface area contributed by atoms with Gasteiger partial charge in [0.05, 0.1) is 16.4 Å². The molecule has 176 valence electrons. The lowest BCUT2D eigenvalue weighted by Gasteiger charge is -2.33. The van der Waals surface area contributed by atoms with Gasteiger partial charge < -0.3 is 9.80 Å². The largest absolute Gasteiger partial charge is 0.409 e. The fourth-order valence-electron chi connectivity index (χ4n) is 4.64. The van der Waals surface area contributed by atoms with Crippen LogP contribution in [-0.4, -0.2) is 24.6 Å². The van der Waals surface area contributed by atoms with Gasteiger partial charge in [0.15, 0.2) is 0 Å². The monoisotopic (exact) mass is 498 g/mol. The lowest BCUT2D eigenvalue weighted by atomic mass is 10.0. The van der Waals surface area contributed by atoms with Crippen molar-refractivity contribution in [1.82, 2.24) is 0 Å². The summed E-state index contributed by atoms with van der Waals surface area (Å²) in [4.78, 5) is 6.83. The van der Waals surface area contributed by atoms with E-state index >= 15 is 0 Å². The highest BCUT2D eigenvalue weighted by molar-refractivity contribution is 8.03. The van der Waals surface area contributed by atoms with Crippen LogP contribution < -0.4 is 9.80 Å². The fraction of sp³-hybridized carbons (Fsp3) is 0.259. The SMILES string of the molecule is C=Cc1ccc2c(c1)N1CCC/C(=C/C=C3/Sc4c(/C=C/C(F)(F)F)cccc4N3CC)C1S2. The van der Waals surface area contributed by atoms with Crippen LogP contribution in [0, 0.1) is 0 Å². The maximum atomic E-state index is 12.8. The van der Waals surface area contributed by atoms with E-state index in [1.807, 2.05) is 30.0 Å². The summed E-state index contributed by atoms with van der Waals surface area (Å²) >= 11 is 3.44. The predicted octanol–water partition coefficient (Wildman–Crippen LogP) is 8.34. The molecule has 0 aliphatic carbocycles. The first-order valence-electron chi connectivity index (χ1n) is 11.3. The van der Waals surface area contributed by atoms with E-state index < -0.39 is 6.18 Å². The van der Waals surface area contributed by atoms with Gasteiger partial charge in [-0.2, -0.15) is 13.2 Å². The van der Waals surface area contributed by atoms with Crippen LogP contribution in [-0.2, 0) is 0 Å². The smallest absolute Gasteiger partial charge is 0.354 e. The molecule has 1 fully saturated rings. The number of rotatable bonds is 4. The summed E-state index contributed by atoms with van der Waals surface area (Å²) in [5.74, 6) is 0. The Hall–Kier alpha value is -2.51. The molecule has 2 nitrogen and oxygen atoms in total. The van der Waals surface area contributed by atoms with Crippen LogP contribution in [0.25, 0.3) is 12.2 Å². The van der Waals surface area contributed by atoms with Gasteiger partial charge in [-0.05, 0) is 66.8 Å². The molecule has 1 atom stereocenters. The normalized spacial score (nSPS) is 21.9. The highest BCUT2D eigenvalue weighted by Gasteiger charge is 2.35. The van der Waals surface area contributed by atoms with Crippen molar-refractivity contribution >= 4 is 47.1 Å². The number of nitrogens with zero attached hydrogens (tertiary/aromatic N) is 2. The first-order chi connectivity index (χ1) is 16.4. The number of halogens is 3. The fourth-order valence-corrected chi connectivity index (χ4v) is 7.24. The Kier molecular flexibility index (Phi) is 6.34. The third-order valence-electron chi connectivity index (χ3n) is 6.23. The zero-order valence-electron chi connectivity index (χ0n) is 18.8. The van der Waals surface area contributed by atoms with Crippen LogP contribution in [0.1, 0.15) is 30.9 Å². The van der Waals surface area contributed by atoms with Gasteiger partial charge in [-0.15, -0.1) is 0 Å². The van der Waals surface area contributed by atoms with Crippen LogP contribution in [0.4, 0.5) is 24.5 Å². The molecular formula is C27H25F3N2S2. The summed E-state index contributed by atoms with van der Waals surface area (Å²) in [5.41, 5.74) is 5.35. The van der Waals surface area contributed by atoms with E-state index in [0.717, 1.165) is 47.1 Å². The molecule has 0 N–H and O–H groups in total. The highest BCUT2D eigenvalue weighted by atomic mass is 32.2.